The Morgan fingerprint density at radius 2 is 0.807 bits per heavy atom. The summed E-state index contributed by atoms with van der Waals surface area (Å²) in [5, 5.41) is 9.71. The molecule has 0 unspecified atom stereocenters. The number of phenolic OH excluding ortho intramolecular Hbond substituents is 1. The monoisotopic (exact) mass is 810 g/mol. The van der Waals surface area contributed by atoms with Crippen LogP contribution in [0.1, 0.15) is 43.0 Å². The summed E-state index contributed by atoms with van der Waals surface area (Å²) in [4.78, 5) is 24.7. The maximum absolute atomic E-state index is 14.8. The highest BCUT2D eigenvalue weighted by Crippen LogP contribution is 2.56. The Labute approximate surface area is 319 Å². The number of benzene rings is 6. The lowest BCUT2D eigenvalue weighted by Gasteiger charge is -2.38. The Bertz CT molecular complexity index is 2520. The molecule has 0 aliphatic carbocycles. The first-order chi connectivity index (χ1) is 26.8. The first kappa shape index (κ1) is 40.2. The molecule has 0 radical (unpaired) electrons. The zero-order valence-electron chi connectivity index (χ0n) is 28.7. The Balaban J connectivity index is 1.20. The van der Waals surface area contributed by atoms with E-state index >= 15 is 0 Å². The number of hydrogen-bond acceptors (Lipinski definition) is 7. The minimum Gasteiger partial charge on any atom is -0.506 e. The Morgan fingerprint density at radius 1 is 0.491 bits per heavy atom. The minimum absolute atomic E-state index is 0.00847. The normalized spacial score (nSPS) is 12.2. The molecular weight excluding hydrogens is 785 g/mol. The zero-order chi connectivity index (χ0) is 41.3. The molecular formula is C41H25F7O8S. The second kappa shape index (κ2) is 15.2. The lowest BCUT2D eigenvalue weighted by Crippen LogP contribution is -2.54. The van der Waals surface area contributed by atoms with Crippen LogP contribution >= 0.6 is 0 Å². The first-order valence-corrected chi connectivity index (χ1v) is 17.8. The number of aromatic hydroxyl groups is 1. The van der Waals surface area contributed by atoms with Crippen molar-refractivity contribution in [2.45, 2.75) is 22.7 Å². The zero-order valence-corrected chi connectivity index (χ0v) is 29.5. The maximum Gasteiger partial charge on any atom is 0.411 e. The summed E-state index contributed by atoms with van der Waals surface area (Å²) in [6, 6.07) is 24.5. The number of hydrogen-bond donors (Lipinski definition) is 2. The van der Waals surface area contributed by atoms with Crippen LogP contribution in [0.25, 0.3) is 0 Å². The molecule has 6 rings (SSSR count). The van der Waals surface area contributed by atoms with Gasteiger partial charge < -0.3 is 14.6 Å². The maximum atomic E-state index is 14.8. The molecule has 57 heavy (non-hydrogen) atoms. The van der Waals surface area contributed by atoms with Crippen LogP contribution < -0.4 is 9.47 Å². The van der Waals surface area contributed by atoms with Crippen LogP contribution in [0.15, 0.2) is 144 Å². The molecule has 0 spiro atoms. The van der Waals surface area contributed by atoms with Crippen molar-refractivity contribution in [3.63, 3.8) is 0 Å². The van der Waals surface area contributed by atoms with Gasteiger partial charge in [0, 0.05) is 22.3 Å². The number of carbonyl (C=O) groups excluding carboxylic acids is 2. The van der Waals surface area contributed by atoms with E-state index in [0.29, 0.717) is 24.3 Å². The molecule has 0 atom stereocenters. The molecule has 0 aromatic heterocycles. The highest BCUT2D eigenvalue weighted by Gasteiger charge is 2.72. The third-order valence-corrected chi connectivity index (χ3v) is 9.62. The molecule has 0 heterocycles. The summed E-state index contributed by atoms with van der Waals surface area (Å²) >= 11 is 0. The number of carbonyl (C=O) groups is 2. The third kappa shape index (κ3) is 8.22. The number of halogens is 7. The van der Waals surface area contributed by atoms with Crippen LogP contribution in [0, 0.1) is 5.82 Å². The summed E-state index contributed by atoms with van der Waals surface area (Å²) in [7, 11) is -4.85. The summed E-state index contributed by atoms with van der Waals surface area (Å²) in [6.45, 7) is 0. The topological polar surface area (TPSA) is 127 Å². The van der Waals surface area contributed by atoms with E-state index in [-0.39, 0.29) is 45.3 Å². The second-order valence-corrected chi connectivity index (χ2v) is 13.8. The molecule has 0 amide bonds. The van der Waals surface area contributed by atoms with E-state index < -0.39 is 67.0 Å². The van der Waals surface area contributed by atoms with E-state index in [2.05, 4.69) is 0 Å². The van der Waals surface area contributed by atoms with E-state index in [1.807, 2.05) is 0 Å². The van der Waals surface area contributed by atoms with Gasteiger partial charge in [0.15, 0.2) is 11.6 Å². The fourth-order valence-corrected chi connectivity index (χ4v) is 6.55. The standard InChI is InChI=1S/C41H25F7O8S/c42-30-12-1-24(2-13-30)37(50)25-3-14-31(15-4-25)55-33-18-8-28(9-19-33)39(40(43,44)45,41(46,47)48)29-10-20-34(21-11-29)56-32-16-5-26(6-17-32)38(51)27-7-22-35(49)36(23-27)57(52,53)54/h1-23,49H,(H,52,53,54). The minimum atomic E-state index is -5.88. The average Bonchev–Trinajstić information content (AvgIpc) is 3.15. The number of ether oxygens (including phenoxy) is 2. The van der Waals surface area contributed by atoms with Crippen molar-refractivity contribution in [2.75, 3.05) is 0 Å². The molecule has 292 valence electrons. The van der Waals surface area contributed by atoms with Crippen LogP contribution in [0.2, 0.25) is 0 Å². The molecule has 8 nitrogen and oxygen atoms in total. The fourth-order valence-electron chi connectivity index (χ4n) is 5.95. The van der Waals surface area contributed by atoms with Gasteiger partial charge in [0.25, 0.3) is 10.1 Å². The largest absolute Gasteiger partial charge is 0.506 e. The van der Waals surface area contributed by atoms with Crippen molar-refractivity contribution < 1.29 is 67.9 Å². The summed E-state index contributed by atoms with van der Waals surface area (Å²) < 4.78 is 145. The predicted octanol–water partition coefficient (Wildman–Crippen LogP) is 10.2. The van der Waals surface area contributed by atoms with Crippen LogP contribution in [-0.4, -0.2) is 42.0 Å². The molecule has 6 aromatic carbocycles. The van der Waals surface area contributed by atoms with Crippen molar-refractivity contribution in [3.8, 4) is 28.7 Å². The highest BCUT2D eigenvalue weighted by atomic mass is 32.2. The van der Waals surface area contributed by atoms with Gasteiger partial charge in [-0.25, -0.2) is 4.39 Å². The molecule has 0 saturated heterocycles. The lowest BCUT2D eigenvalue weighted by molar-refractivity contribution is -0.288. The number of phenols is 1. The van der Waals surface area contributed by atoms with E-state index in [1.165, 1.54) is 60.7 Å². The van der Waals surface area contributed by atoms with E-state index in [4.69, 9.17) is 9.47 Å². The van der Waals surface area contributed by atoms with Gasteiger partial charge in [0.2, 0.25) is 5.41 Å². The van der Waals surface area contributed by atoms with Gasteiger partial charge in [-0.1, -0.05) is 24.3 Å². The second-order valence-electron chi connectivity index (χ2n) is 12.4. The molecule has 0 bridgehead atoms. The van der Waals surface area contributed by atoms with Gasteiger partial charge >= 0.3 is 12.4 Å². The van der Waals surface area contributed by atoms with E-state index in [9.17, 15) is 58.4 Å². The van der Waals surface area contributed by atoms with Gasteiger partial charge in [-0.05, 0) is 126 Å². The highest BCUT2D eigenvalue weighted by molar-refractivity contribution is 7.86. The number of rotatable bonds is 11. The quantitative estimate of drug-likeness (QED) is 0.0752. The van der Waals surface area contributed by atoms with Gasteiger partial charge in [-0.3, -0.25) is 14.1 Å². The Hall–Kier alpha value is -6.52. The van der Waals surface area contributed by atoms with Crippen LogP contribution in [0.4, 0.5) is 30.7 Å². The van der Waals surface area contributed by atoms with Gasteiger partial charge in [-0.15, -0.1) is 0 Å². The molecule has 0 saturated carbocycles. The SMILES string of the molecule is O=C(c1ccc(F)cc1)c1ccc(Oc2ccc(C(c3ccc(Oc4ccc(C(=O)c5ccc(O)c(S(=O)(=O)O)c5)cc4)cc3)(C(F)(F)F)C(F)(F)F)cc2)cc1. The predicted molar refractivity (Wildman–Crippen MR) is 190 cm³/mol. The van der Waals surface area contributed by atoms with Gasteiger partial charge in [0.1, 0.15) is 39.5 Å². The smallest absolute Gasteiger partial charge is 0.411 e. The Kier molecular flexibility index (Phi) is 10.7. The van der Waals surface area contributed by atoms with Crippen molar-refractivity contribution >= 4 is 21.7 Å². The molecule has 2 N–H and O–H groups in total. The van der Waals surface area contributed by atoms with Crippen LogP contribution in [-0.2, 0) is 15.5 Å². The van der Waals surface area contributed by atoms with E-state index in [1.54, 1.807) is 0 Å². The molecule has 0 aliphatic rings. The van der Waals surface area contributed by atoms with Crippen molar-refractivity contribution in [1.29, 1.82) is 0 Å². The summed E-state index contributed by atoms with van der Waals surface area (Å²) in [6.07, 6.45) is -11.8. The fraction of sp³-hybridized carbons (Fsp3) is 0.0732. The average molecular weight is 811 g/mol. The van der Waals surface area contributed by atoms with Crippen LogP contribution in [0.3, 0.4) is 0 Å². The van der Waals surface area contributed by atoms with Gasteiger partial charge in [0.05, 0.1) is 0 Å². The number of alkyl halides is 6. The molecule has 16 heteroatoms. The Morgan fingerprint density at radius 3 is 1.16 bits per heavy atom. The molecule has 6 aromatic rings. The van der Waals surface area contributed by atoms with Gasteiger partial charge in [-0.2, -0.15) is 34.8 Å². The van der Waals surface area contributed by atoms with Crippen LogP contribution in [0.5, 0.6) is 28.7 Å². The summed E-state index contributed by atoms with van der Waals surface area (Å²) in [5.74, 6) is -2.53. The summed E-state index contributed by atoms with van der Waals surface area (Å²) in [5.41, 5.74) is -6.55. The number of ketones is 2. The van der Waals surface area contributed by atoms with Crippen molar-refractivity contribution in [2.24, 2.45) is 0 Å². The van der Waals surface area contributed by atoms with Crippen molar-refractivity contribution in [1.82, 2.24) is 0 Å². The lowest BCUT2D eigenvalue weighted by atomic mass is 9.73. The molecule has 0 aliphatic heterocycles. The molecule has 0 fully saturated rings. The van der Waals surface area contributed by atoms with E-state index in [0.717, 1.165) is 54.6 Å². The third-order valence-electron chi connectivity index (χ3n) is 8.74. The van der Waals surface area contributed by atoms with Crippen molar-refractivity contribution in [3.05, 3.63) is 179 Å². The first-order valence-electron chi connectivity index (χ1n) is 16.3.